The molecule has 0 saturated carbocycles. The number of aliphatic imine (C=N–C) groups is 1. The van der Waals surface area contributed by atoms with Crippen molar-refractivity contribution in [2.75, 3.05) is 31.5 Å². The van der Waals surface area contributed by atoms with Gasteiger partial charge in [0.25, 0.3) is 0 Å². The fourth-order valence-electron chi connectivity index (χ4n) is 3.85. The highest BCUT2D eigenvalue weighted by Gasteiger charge is 2.15. The summed E-state index contributed by atoms with van der Waals surface area (Å²) < 4.78 is 19.4. The van der Waals surface area contributed by atoms with Crippen molar-refractivity contribution in [3.05, 3.63) is 71.7 Å². The third kappa shape index (κ3) is 5.30. The van der Waals surface area contributed by atoms with Gasteiger partial charge in [-0.1, -0.05) is 54.5 Å². The zero-order chi connectivity index (χ0) is 21.6. The molecule has 0 bridgehead atoms. The van der Waals surface area contributed by atoms with Gasteiger partial charge in [0.15, 0.2) is 5.96 Å². The number of benzene rings is 2. The summed E-state index contributed by atoms with van der Waals surface area (Å²) in [6, 6.07) is 16.4. The summed E-state index contributed by atoms with van der Waals surface area (Å²) in [5, 5.41) is 7.14. The van der Waals surface area contributed by atoms with Crippen LogP contribution in [0.4, 0.5) is 10.3 Å². The molecule has 0 radical (unpaired) electrons. The van der Waals surface area contributed by atoms with Crippen LogP contribution in [0.25, 0.3) is 11.1 Å². The highest BCUT2D eigenvalue weighted by atomic mass is 19.1. The fraction of sp³-hybridized carbons (Fsp3) is 0.333. The summed E-state index contributed by atoms with van der Waals surface area (Å²) in [4.78, 5) is 6.76. The van der Waals surface area contributed by atoms with Crippen molar-refractivity contribution < 1.29 is 8.91 Å². The standard InChI is InChI=1S/C24H28FN5O/c1-17(18-8-10-19(11-9-18)20-6-2-3-7-21(20)25)22-16-23(31-29-22)28-24(26)27-12-15-30-13-4-5-14-30/h2-3,6-11,16-17H,4-5,12-15H2,1H3,(H3,26,27,28). The van der Waals surface area contributed by atoms with E-state index in [4.69, 9.17) is 10.3 Å². The summed E-state index contributed by atoms with van der Waals surface area (Å²) in [5.74, 6) is 0.577. The molecular formula is C24H28FN5O. The molecule has 2 aromatic carbocycles. The highest BCUT2D eigenvalue weighted by Crippen LogP contribution is 2.28. The summed E-state index contributed by atoms with van der Waals surface area (Å²) in [7, 11) is 0. The van der Waals surface area contributed by atoms with E-state index in [-0.39, 0.29) is 11.7 Å². The monoisotopic (exact) mass is 421 g/mol. The predicted molar refractivity (Wildman–Crippen MR) is 122 cm³/mol. The van der Waals surface area contributed by atoms with E-state index in [1.807, 2.05) is 43.3 Å². The smallest absolute Gasteiger partial charge is 0.231 e. The molecule has 7 heteroatoms. The maximum absolute atomic E-state index is 14.0. The Balaban J connectivity index is 1.36. The third-order valence-corrected chi connectivity index (χ3v) is 5.72. The number of nitrogens with one attached hydrogen (secondary N) is 1. The van der Waals surface area contributed by atoms with Gasteiger partial charge in [-0.15, -0.1) is 0 Å². The topological polar surface area (TPSA) is 79.7 Å². The van der Waals surface area contributed by atoms with E-state index in [0.717, 1.165) is 36.5 Å². The first-order valence-corrected chi connectivity index (χ1v) is 10.7. The Morgan fingerprint density at radius 2 is 1.94 bits per heavy atom. The van der Waals surface area contributed by atoms with Gasteiger partial charge < -0.3 is 15.2 Å². The maximum Gasteiger partial charge on any atom is 0.231 e. The molecule has 1 aromatic heterocycles. The van der Waals surface area contributed by atoms with E-state index in [0.29, 0.717) is 24.0 Å². The number of guanidine groups is 1. The van der Waals surface area contributed by atoms with Crippen molar-refractivity contribution in [1.29, 1.82) is 0 Å². The van der Waals surface area contributed by atoms with Gasteiger partial charge in [0, 0.05) is 24.1 Å². The third-order valence-electron chi connectivity index (χ3n) is 5.72. The second kappa shape index (κ2) is 9.75. The van der Waals surface area contributed by atoms with Crippen LogP contribution in [0.1, 0.15) is 36.9 Å². The molecule has 0 spiro atoms. The van der Waals surface area contributed by atoms with Crippen LogP contribution in [-0.2, 0) is 0 Å². The van der Waals surface area contributed by atoms with Crippen LogP contribution < -0.4 is 11.1 Å². The first kappa shape index (κ1) is 21.1. The molecule has 1 saturated heterocycles. The Labute approximate surface area is 182 Å². The molecule has 1 aliphatic rings. The minimum absolute atomic E-state index is 0.0160. The van der Waals surface area contributed by atoms with E-state index in [1.54, 1.807) is 12.1 Å². The van der Waals surface area contributed by atoms with E-state index >= 15 is 0 Å². The van der Waals surface area contributed by atoms with Gasteiger partial charge in [0.2, 0.25) is 5.88 Å². The normalized spacial score (nSPS) is 15.9. The number of nitrogens with two attached hydrogens (primary N) is 1. The number of hydrogen-bond acceptors (Lipinski definition) is 4. The van der Waals surface area contributed by atoms with Crippen LogP contribution in [-0.4, -0.2) is 42.2 Å². The first-order chi connectivity index (χ1) is 15.1. The van der Waals surface area contributed by atoms with Crippen LogP contribution in [0, 0.1) is 5.82 Å². The molecule has 2 heterocycles. The van der Waals surface area contributed by atoms with Crippen LogP contribution in [0.3, 0.4) is 0 Å². The van der Waals surface area contributed by atoms with Crippen molar-refractivity contribution in [2.45, 2.75) is 25.7 Å². The quantitative estimate of drug-likeness (QED) is 0.435. The Bertz CT molecular complexity index is 1020. The number of rotatable bonds is 7. The Hall–Kier alpha value is -3.19. The van der Waals surface area contributed by atoms with Crippen molar-refractivity contribution in [1.82, 2.24) is 10.1 Å². The lowest BCUT2D eigenvalue weighted by atomic mass is 9.95. The molecule has 3 aromatic rings. The largest absolute Gasteiger partial charge is 0.370 e. The number of hydrogen-bond donors (Lipinski definition) is 2. The molecule has 0 aliphatic carbocycles. The van der Waals surface area contributed by atoms with E-state index < -0.39 is 0 Å². The molecule has 1 atom stereocenters. The predicted octanol–water partition coefficient (Wildman–Crippen LogP) is 4.45. The number of anilines is 1. The van der Waals surface area contributed by atoms with Gasteiger partial charge in [0.1, 0.15) is 5.82 Å². The molecule has 1 unspecified atom stereocenters. The van der Waals surface area contributed by atoms with Gasteiger partial charge in [-0.25, -0.2) is 4.39 Å². The van der Waals surface area contributed by atoms with Crippen molar-refractivity contribution in [2.24, 2.45) is 10.7 Å². The van der Waals surface area contributed by atoms with Gasteiger partial charge in [-0.05, 0) is 43.1 Å². The molecular weight excluding hydrogens is 393 g/mol. The highest BCUT2D eigenvalue weighted by molar-refractivity contribution is 5.90. The minimum atomic E-state index is -0.227. The maximum atomic E-state index is 14.0. The lowest BCUT2D eigenvalue weighted by molar-refractivity contribution is 0.349. The van der Waals surface area contributed by atoms with E-state index in [9.17, 15) is 4.39 Å². The zero-order valence-electron chi connectivity index (χ0n) is 17.7. The van der Waals surface area contributed by atoms with Crippen molar-refractivity contribution in [3.8, 4) is 11.1 Å². The summed E-state index contributed by atoms with van der Waals surface area (Å²) in [5.41, 5.74) is 9.25. The fourth-order valence-corrected chi connectivity index (χ4v) is 3.85. The van der Waals surface area contributed by atoms with Crippen molar-refractivity contribution >= 4 is 11.8 Å². The second-order valence-corrected chi connectivity index (χ2v) is 7.88. The zero-order valence-corrected chi connectivity index (χ0v) is 17.7. The van der Waals surface area contributed by atoms with Gasteiger partial charge >= 0.3 is 0 Å². The average molecular weight is 422 g/mol. The molecule has 31 heavy (non-hydrogen) atoms. The van der Waals surface area contributed by atoms with Gasteiger partial charge in [0.05, 0.1) is 12.2 Å². The molecule has 3 N–H and O–H groups in total. The van der Waals surface area contributed by atoms with Crippen LogP contribution in [0.2, 0.25) is 0 Å². The summed E-state index contributed by atoms with van der Waals surface area (Å²) >= 11 is 0. The number of halogens is 1. The summed E-state index contributed by atoms with van der Waals surface area (Å²) in [6.45, 7) is 5.92. The Kier molecular flexibility index (Phi) is 6.62. The second-order valence-electron chi connectivity index (χ2n) is 7.88. The molecule has 1 aliphatic heterocycles. The lowest BCUT2D eigenvalue weighted by Gasteiger charge is -2.12. The minimum Gasteiger partial charge on any atom is -0.370 e. The van der Waals surface area contributed by atoms with Crippen molar-refractivity contribution in [3.63, 3.8) is 0 Å². The first-order valence-electron chi connectivity index (χ1n) is 10.7. The van der Waals surface area contributed by atoms with Crippen LogP contribution >= 0.6 is 0 Å². The summed E-state index contributed by atoms with van der Waals surface area (Å²) in [6.07, 6.45) is 2.53. The molecule has 0 amide bonds. The molecule has 4 rings (SSSR count). The molecule has 162 valence electrons. The van der Waals surface area contributed by atoms with Crippen LogP contribution in [0.15, 0.2) is 64.1 Å². The Morgan fingerprint density at radius 3 is 2.68 bits per heavy atom. The lowest BCUT2D eigenvalue weighted by Crippen LogP contribution is -2.26. The number of nitrogens with zero attached hydrogens (tertiary/aromatic N) is 3. The molecule has 6 nitrogen and oxygen atoms in total. The Morgan fingerprint density at radius 1 is 1.19 bits per heavy atom. The van der Waals surface area contributed by atoms with Gasteiger partial charge in [-0.3, -0.25) is 10.3 Å². The SMILES string of the molecule is CC(c1ccc(-c2ccccc2F)cc1)c1cc(NC(N)=NCCN2CCCC2)on1. The van der Waals surface area contributed by atoms with E-state index in [1.165, 1.54) is 18.9 Å². The van der Waals surface area contributed by atoms with E-state index in [2.05, 4.69) is 20.4 Å². The molecule has 1 fully saturated rings. The number of likely N-dealkylation sites (tertiary alicyclic amines) is 1. The van der Waals surface area contributed by atoms with Crippen LogP contribution in [0.5, 0.6) is 0 Å². The van der Waals surface area contributed by atoms with Gasteiger partial charge in [-0.2, -0.15) is 0 Å². The average Bonchev–Trinajstić information content (AvgIpc) is 3.46. The number of aromatic nitrogens is 1.